The minimum atomic E-state index is -1.78. The Morgan fingerprint density at radius 1 is 1.19 bits per heavy atom. The predicted octanol–water partition coefficient (Wildman–Crippen LogP) is 1.59. The highest BCUT2D eigenvalue weighted by atomic mass is 19.1. The second-order valence-electron chi connectivity index (χ2n) is 8.99. The first kappa shape index (κ1) is 22.8. The summed E-state index contributed by atoms with van der Waals surface area (Å²) in [4.78, 5) is 58.0. The van der Waals surface area contributed by atoms with Gasteiger partial charge in [0.15, 0.2) is 22.7 Å². The summed E-state index contributed by atoms with van der Waals surface area (Å²) in [5.41, 5.74) is -0.824. The first-order chi connectivity index (χ1) is 17.8. The number of nitrogens with one attached hydrogen (secondary N) is 3. The van der Waals surface area contributed by atoms with Crippen LogP contribution in [0.3, 0.4) is 0 Å². The number of anilines is 1. The number of fused-ring (bicyclic) bond motifs is 2. The van der Waals surface area contributed by atoms with Crippen molar-refractivity contribution in [2.75, 3.05) is 31.6 Å². The molecular formula is C24H21FN6O6. The molecular weight excluding hydrogens is 487 g/mol. The quantitative estimate of drug-likeness (QED) is 0.444. The lowest BCUT2D eigenvalue weighted by Crippen LogP contribution is -2.52. The molecule has 2 fully saturated rings. The standard InChI is InChI=1S/C24H21FN6O6/c1-36-15-4-3-12-10-30(20(32)18(12)19(15)25)11-24(21(33)28-22(34)29-24)16-9-13-14(37-16)5-6-17(27-13)31-8-2-7-26-23(31)35/h3-6,9H,2,7-8,10-11H2,1H3,(H,26,35)(H2,28,29,33,34)/t24-/m0/s1. The number of aromatic nitrogens is 1. The highest BCUT2D eigenvalue weighted by molar-refractivity contribution is 6.08. The average molecular weight is 508 g/mol. The van der Waals surface area contributed by atoms with E-state index in [0.29, 0.717) is 35.6 Å². The van der Waals surface area contributed by atoms with Crippen LogP contribution in [0, 0.1) is 5.82 Å². The van der Waals surface area contributed by atoms with Crippen molar-refractivity contribution in [2.24, 2.45) is 0 Å². The van der Waals surface area contributed by atoms with E-state index < -0.39 is 29.2 Å². The maximum atomic E-state index is 14.8. The largest absolute Gasteiger partial charge is 0.494 e. The molecule has 3 aromatic rings. The molecule has 2 aromatic heterocycles. The van der Waals surface area contributed by atoms with Gasteiger partial charge in [-0.3, -0.25) is 19.8 Å². The fourth-order valence-corrected chi connectivity index (χ4v) is 4.94. The van der Waals surface area contributed by atoms with E-state index in [0.717, 1.165) is 6.42 Å². The monoisotopic (exact) mass is 508 g/mol. The van der Waals surface area contributed by atoms with Crippen LogP contribution in [-0.4, -0.2) is 60.5 Å². The first-order valence-electron chi connectivity index (χ1n) is 11.6. The number of imide groups is 1. The van der Waals surface area contributed by atoms with Crippen molar-refractivity contribution in [3.63, 3.8) is 0 Å². The zero-order valence-corrected chi connectivity index (χ0v) is 19.6. The molecule has 6 rings (SSSR count). The zero-order chi connectivity index (χ0) is 25.9. The number of hydrogen-bond donors (Lipinski definition) is 3. The van der Waals surface area contributed by atoms with Crippen LogP contribution in [0.5, 0.6) is 5.75 Å². The number of ether oxygens (including phenoxy) is 1. The molecule has 0 unspecified atom stereocenters. The summed E-state index contributed by atoms with van der Waals surface area (Å²) in [5, 5.41) is 7.54. The number of benzene rings is 1. The molecule has 1 atom stereocenters. The van der Waals surface area contributed by atoms with Gasteiger partial charge >= 0.3 is 12.1 Å². The predicted molar refractivity (Wildman–Crippen MR) is 125 cm³/mol. The SMILES string of the molecule is COc1ccc2c(c1F)C(=O)N(C[C@@]1(c3cc4nc(N5CCCNC5=O)ccc4o3)NC(=O)NC1=O)C2. The van der Waals surface area contributed by atoms with Gasteiger partial charge in [0.05, 0.1) is 19.2 Å². The van der Waals surface area contributed by atoms with Crippen LogP contribution >= 0.6 is 0 Å². The van der Waals surface area contributed by atoms with E-state index in [1.54, 1.807) is 18.2 Å². The summed E-state index contributed by atoms with van der Waals surface area (Å²) in [5.74, 6) is -1.79. The molecule has 5 heterocycles. The van der Waals surface area contributed by atoms with Crippen molar-refractivity contribution >= 4 is 40.8 Å². The minimum Gasteiger partial charge on any atom is -0.494 e. The Morgan fingerprint density at radius 2 is 2.03 bits per heavy atom. The third-order valence-electron chi connectivity index (χ3n) is 6.78. The van der Waals surface area contributed by atoms with Gasteiger partial charge in [-0.25, -0.2) is 19.0 Å². The first-order valence-corrected chi connectivity index (χ1v) is 11.6. The Labute approximate surface area is 208 Å². The van der Waals surface area contributed by atoms with Crippen LogP contribution in [0.25, 0.3) is 11.1 Å². The minimum absolute atomic E-state index is 0.0205. The Kier molecular flexibility index (Phi) is 5.03. The molecule has 0 bridgehead atoms. The lowest BCUT2D eigenvalue weighted by atomic mass is 9.95. The van der Waals surface area contributed by atoms with Crippen LogP contribution in [0.15, 0.2) is 34.7 Å². The van der Waals surface area contributed by atoms with E-state index in [4.69, 9.17) is 9.15 Å². The Balaban J connectivity index is 1.37. The summed E-state index contributed by atoms with van der Waals surface area (Å²) in [6.07, 6.45) is 0.760. The summed E-state index contributed by atoms with van der Waals surface area (Å²) in [6, 6.07) is 6.71. The molecule has 3 N–H and O–H groups in total. The van der Waals surface area contributed by atoms with E-state index in [1.807, 2.05) is 0 Å². The zero-order valence-electron chi connectivity index (χ0n) is 19.6. The molecule has 190 valence electrons. The van der Waals surface area contributed by atoms with Gasteiger partial charge in [-0.15, -0.1) is 0 Å². The van der Waals surface area contributed by atoms with Crippen LogP contribution in [-0.2, 0) is 16.9 Å². The van der Waals surface area contributed by atoms with Crippen molar-refractivity contribution < 1.29 is 32.7 Å². The number of rotatable bonds is 5. The molecule has 12 nitrogen and oxygen atoms in total. The van der Waals surface area contributed by atoms with Gasteiger partial charge < -0.3 is 24.7 Å². The van der Waals surface area contributed by atoms with Gasteiger partial charge in [-0.1, -0.05) is 6.07 Å². The van der Waals surface area contributed by atoms with Crippen LogP contribution < -0.4 is 25.6 Å². The number of urea groups is 2. The Morgan fingerprint density at radius 3 is 2.76 bits per heavy atom. The van der Waals surface area contributed by atoms with Crippen molar-refractivity contribution in [1.29, 1.82) is 0 Å². The third kappa shape index (κ3) is 3.45. The number of nitrogens with zero attached hydrogens (tertiary/aromatic N) is 3. The summed E-state index contributed by atoms with van der Waals surface area (Å²) in [7, 11) is 1.30. The number of carbonyl (C=O) groups is 4. The Hall–Kier alpha value is -4.68. The van der Waals surface area contributed by atoms with Gasteiger partial charge in [0.25, 0.3) is 11.8 Å². The average Bonchev–Trinajstić information content (AvgIpc) is 3.53. The van der Waals surface area contributed by atoms with Crippen LogP contribution in [0.2, 0.25) is 0 Å². The summed E-state index contributed by atoms with van der Waals surface area (Å²) < 4.78 is 25.8. The van der Waals surface area contributed by atoms with Crippen molar-refractivity contribution in [3.05, 3.63) is 53.0 Å². The van der Waals surface area contributed by atoms with Crippen LogP contribution in [0.1, 0.15) is 28.1 Å². The molecule has 2 saturated heterocycles. The second kappa shape index (κ2) is 8.18. The van der Waals surface area contributed by atoms with Gasteiger partial charge in [0.2, 0.25) is 0 Å². The van der Waals surface area contributed by atoms with Crippen molar-refractivity contribution in [3.8, 4) is 5.75 Å². The van der Waals surface area contributed by atoms with E-state index in [2.05, 4.69) is 20.9 Å². The van der Waals surface area contributed by atoms with E-state index >= 15 is 0 Å². The number of carbonyl (C=O) groups excluding carboxylic acids is 4. The van der Waals surface area contributed by atoms with Crippen LogP contribution in [0.4, 0.5) is 19.8 Å². The molecule has 0 radical (unpaired) electrons. The second-order valence-corrected chi connectivity index (χ2v) is 8.99. The van der Waals surface area contributed by atoms with Crippen molar-refractivity contribution in [1.82, 2.24) is 25.8 Å². The van der Waals surface area contributed by atoms with Crippen molar-refractivity contribution in [2.45, 2.75) is 18.5 Å². The topological polar surface area (TPSA) is 146 Å². The van der Waals surface area contributed by atoms with Gasteiger partial charge in [0.1, 0.15) is 17.1 Å². The molecule has 37 heavy (non-hydrogen) atoms. The van der Waals surface area contributed by atoms with E-state index in [-0.39, 0.29) is 36.2 Å². The smallest absolute Gasteiger partial charge is 0.323 e. The van der Waals surface area contributed by atoms with Gasteiger partial charge in [-0.2, -0.15) is 0 Å². The fraction of sp³-hybridized carbons (Fsp3) is 0.292. The normalized spacial score (nSPS) is 21.2. The molecule has 13 heteroatoms. The van der Waals surface area contributed by atoms with Gasteiger partial charge in [-0.05, 0) is 30.2 Å². The summed E-state index contributed by atoms with van der Waals surface area (Å²) in [6.45, 7) is 0.782. The number of hydrogen-bond acceptors (Lipinski definition) is 7. The van der Waals surface area contributed by atoms with E-state index in [9.17, 15) is 23.6 Å². The molecule has 0 saturated carbocycles. The number of furan rings is 1. The molecule has 1 aromatic carbocycles. The number of methoxy groups -OCH3 is 1. The third-order valence-corrected chi connectivity index (χ3v) is 6.78. The fourth-order valence-electron chi connectivity index (χ4n) is 4.94. The van der Waals surface area contributed by atoms with Gasteiger partial charge in [0, 0.05) is 25.7 Å². The number of pyridine rings is 1. The van der Waals surface area contributed by atoms with E-state index in [1.165, 1.54) is 29.0 Å². The maximum absolute atomic E-state index is 14.8. The number of halogens is 1. The lowest BCUT2D eigenvalue weighted by molar-refractivity contribution is -0.125. The molecule has 6 amide bonds. The maximum Gasteiger partial charge on any atom is 0.323 e. The Bertz CT molecular complexity index is 1500. The molecule has 0 spiro atoms. The molecule has 0 aliphatic carbocycles. The summed E-state index contributed by atoms with van der Waals surface area (Å²) >= 11 is 0. The molecule has 3 aliphatic rings. The lowest BCUT2D eigenvalue weighted by Gasteiger charge is -2.28. The molecule has 3 aliphatic heterocycles. The number of amides is 6. The highest BCUT2D eigenvalue weighted by Gasteiger charge is 2.53. The highest BCUT2D eigenvalue weighted by Crippen LogP contribution is 2.36.